The van der Waals surface area contributed by atoms with Crippen molar-refractivity contribution in [2.45, 2.75) is 13.1 Å². The van der Waals surface area contributed by atoms with Crippen LogP contribution in [0.25, 0.3) is 11.3 Å². The van der Waals surface area contributed by atoms with Gasteiger partial charge in [-0.25, -0.2) is 9.97 Å². The normalized spacial score (nSPS) is 11.6. The van der Waals surface area contributed by atoms with Gasteiger partial charge in [0.1, 0.15) is 11.5 Å². The van der Waals surface area contributed by atoms with Crippen LogP contribution in [-0.2, 0) is 6.18 Å². The molecule has 0 atom stereocenters. The third-order valence-corrected chi connectivity index (χ3v) is 2.89. The lowest BCUT2D eigenvalue weighted by Gasteiger charge is -2.09. The van der Waals surface area contributed by atoms with Gasteiger partial charge >= 0.3 is 6.18 Å². The zero-order chi connectivity index (χ0) is 13.3. The molecule has 0 N–H and O–H groups in total. The van der Waals surface area contributed by atoms with E-state index in [0.29, 0.717) is 22.0 Å². The Balaban J connectivity index is 2.44. The summed E-state index contributed by atoms with van der Waals surface area (Å²) in [4.78, 5) is 7.82. The first kappa shape index (κ1) is 12.8. The molecule has 0 aliphatic heterocycles. The van der Waals surface area contributed by atoms with Crippen LogP contribution in [0, 0.1) is 6.92 Å². The fourth-order valence-electron chi connectivity index (χ4n) is 1.54. The average Bonchev–Trinajstić information content (AvgIpc) is 2.32. The molecule has 2 aromatic rings. The van der Waals surface area contributed by atoms with Gasteiger partial charge in [-0.2, -0.15) is 13.2 Å². The van der Waals surface area contributed by atoms with E-state index in [1.807, 2.05) is 0 Å². The first-order chi connectivity index (χ1) is 8.39. The topological polar surface area (TPSA) is 25.8 Å². The summed E-state index contributed by atoms with van der Waals surface area (Å²) in [6.07, 6.45) is -3.06. The summed E-state index contributed by atoms with van der Waals surface area (Å²) in [7, 11) is 0. The van der Waals surface area contributed by atoms with Crippen molar-refractivity contribution in [3.63, 3.8) is 0 Å². The molecule has 0 spiro atoms. The number of hydrogen-bond donors (Lipinski definition) is 0. The first-order valence-electron chi connectivity index (χ1n) is 5.04. The van der Waals surface area contributed by atoms with Crippen LogP contribution in [0.15, 0.2) is 30.6 Å². The van der Waals surface area contributed by atoms with Crippen LogP contribution in [0.2, 0.25) is 5.15 Å². The Hall–Kier alpha value is -1.62. The molecule has 1 aromatic carbocycles. The van der Waals surface area contributed by atoms with Crippen molar-refractivity contribution >= 4 is 11.6 Å². The van der Waals surface area contributed by atoms with Crippen molar-refractivity contribution in [3.05, 3.63) is 46.9 Å². The van der Waals surface area contributed by atoms with Crippen molar-refractivity contribution in [2.75, 3.05) is 0 Å². The molecular formula is C12H8ClF3N2. The fraction of sp³-hybridized carbons (Fsp3) is 0.167. The van der Waals surface area contributed by atoms with Crippen LogP contribution < -0.4 is 0 Å². The van der Waals surface area contributed by atoms with Crippen LogP contribution in [0.1, 0.15) is 11.1 Å². The molecule has 0 saturated heterocycles. The molecule has 0 aliphatic carbocycles. The average molecular weight is 273 g/mol. The lowest BCUT2D eigenvalue weighted by atomic mass is 10.1. The summed E-state index contributed by atoms with van der Waals surface area (Å²) in [6, 6.07) is 4.78. The summed E-state index contributed by atoms with van der Waals surface area (Å²) >= 11 is 5.84. The van der Waals surface area contributed by atoms with Crippen molar-refractivity contribution in [2.24, 2.45) is 0 Å². The van der Waals surface area contributed by atoms with Crippen LogP contribution in [0.5, 0.6) is 0 Å². The zero-order valence-electron chi connectivity index (χ0n) is 9.29. The second kappa shape index (κ2) is 4.57. The maximum Gasteiger partial charge on any atom is 0.416 e. The number of alkyl halides is 3. The third-order valence-electron chi connectivity index (χ3n) is 2.51. The van der Waals surface area contributed by atoms with Gasteiger partial charge in [0.25, 0.3) is 0 Å². The Labute approximate surface area is 106 Å². The van der Waals surface area contributed by atoms with Gasteiger partial charge in [-0.1, -0.05) is 23.7 Å². The Bertz CT molecular complexity index is 565. The molecule has 18 heavy (non-hydrogen) atoms. The minimum Gasteiger partial charge on any atom is -0.236 e. The van der Waals surface area contributed by atoms with E-state index in [-0.39, 0.29) is 0 Å². The zero-order valence-corrected chi connectivity index (χ0v) is 10.0. The number of halogens is 4. The number of benzene rings is 1. The van der Waals surface area contributed by atoms with Crippen LogP contribution in [0.4, 0.5) is 13.2 Å². The molecule has 0 amide bonds. The number of rotatable bonds is 1. The standard InChI is InChI=1S/C12H8ClF3N2/c1-7-10(17-6-18-11(7)13)8-2-4-9(5-3-8)12(14,15)16/h2-6H,1H3. The molecule has 6 heteroatoms. The van der Waals surface area contributed by atoms with E-state index in [4.69, 9.17) is 11.6 Å². The summed E-state index contributed by atoms with van der Waals surface area (Å²) < 4.78 is 37.3. The second-order valence-electron chi connectivity index (χ2n) is 3.71. The predicted octanol–water partition coefficient (Wildman–Crippen LogP) is 4.12. The van der Waals surface area contributed by atoms with E-state index >= 15 is 0 Å². The smallest absolute Gasteiger partial charge is 0.236 e. The molecule has 0 aliphatic rings. The highest BCUT2D eigenvalue weighted by molar-refractivity contribution is 6.30. The third kappa shape index (κ3) is 2.46. The van der Waals surface area contributed by atoms with Crippen LogP contribution in [0.3, 0.4) is 0 Å². The minimum atomic E-state index is -4.34. The molecule has 0 bridgehead atoms. The van der Waals surface area contributed by atoms with Crippen molar-refractivity contribution in [1.29, 1.82) is 0 Å². The predicted molar refractivity (Wildman–Crippen MR) is 62.2 cm³/mol. The highest BCUT2D eigenvalue weighted by Gasteiger charge is 2.30. The lowest BCUT2D eigenvalue weighted by molar-refractivity contribution is -0.137. The van der Waals surface area contributed by atoms with Crippen LogP contribution in [-0.4, -0.2) is 9.97 Å². The molecule has 2 nitrogen and oxygen atoms in total. The van der Waals surface area contributed by atoms with E-state index in [9.17, 15) is 13.2 Å². The van der Waals surface area contributed by atoms with E-state index in [2.05, 4.69) is 9.97 Å². The van der Waals surface area contributed by atoms with Crippen LogP contribution >= 0.6 is 11.6 Å². The lowest BCUT2D eigenvalue weighted by Crippen LogP contribution is -2.04. The van der Waals surface area contributed by atoms with Crippen molar-refractivity contribution in [3.8, 4) is 11.3 Å². The van der Waals surface area contributed by atoms with Crippen molar-refractivity contribution in [1.82, 2.24) is 9.97 Å². The maximum absolute atomic E-state index is 12.4. The van der Waals surface area contributed by atoms with Gasteiger partial charge in [-0.05, 0) is 19.1 Å². The van der Waals surface area contributed by atoms with E-state index in [1.165, 1.54) is 18.5 Å². The summed E-state index contributed by atoms with van der Waals surface area (Å²) in [5.74, 6) is 0. The quantitative estimate of drug-likeness (QED) is 0.730. The molecule has 1 heterocycles. The van der Waals surface area contributed by atoms with Gasteiger partial charge in [0, 0.05) is 11.1 Å². The molecule has 0 saturated carbocycles. The van der Waals surface area contributed by atoms with Gasteiger partial charge in [0.2, 0.25) is 0 Å². The van der Waals surface area contributed by atoms with E-state index in [0.717, 1.165) is 12.1 Å². The van der Waals surface area contributed by atoms with E-state index < -0.39 is 11.7 Å². The van der Waals surface area contributed by atoms with Gasteiger partial charge < -0.3 is 0 Å². The molecule has 2 rings (SSSR count). The molecule has 0 radical (unpaired) electrons. The van der Waals surface area contributed by atoms with Gasteiger partial charge in [0.15, 0.2) is 0 Å². The Morgan fingerprint density at radius 3 is 2.22 bits per heavy atom. The largest absolute Gasteiger partial charge is 0.416 e. The Morgan fingerprint density at radius 2 is 1.67 bits per heavy atom. The van der Waals surface area contributed by atoms with Gasteiger partial charge in [-0.15, -0.1) is 0 Å². The van der Waals surface area contributed by atoms with E-state index in [1.54, 1.807) is 6.92 Å². The van der Waals surface area contributed by atoms with Gasteiger partial charge in [-0.3, -0.25) is 0 Å². The number of hydrogen-bond acceptors (Lipinski definition) is 2. The SMILES string of the molecule is Cc1c(Cl)ncnc1-c1ccc(C(F)(F)F)cc1. The molecule has 0 unspecified atom stereocenters. The summed E-state index contributed by atoms with van der Waals surface area (Å²) in [5, 5.41) is 0.292. The molecule has 94 valence electrons. The maximum atomic E-state index is 12.4. The summed E-state index contributed by atoms with van der Waals surface area (Å²) in [5.41, 5.74) is 1.05. The summed E-state index contributed by atoms with van der Waals surface area (Å²) in [6.45, 7) is 1.72. The first-order valence-corrected chi connectivity index (χ1v) is 5.42. The highest BCUT2D eigenvalue weighted by atomic mass is 35.5. The monoisotopic (exact) mass is 272 g/mol. The second-order valence-corrected chi connectivity index (χ2v) is 4.07. The molecule has 1 aromatic heterocycles. The molecule has 0 fully saturated rings. The Morgan fingerprint density at radius 1 is 1.06 bits per heavy atom. The Kier molecular flexibility index (Phi) is 3.26. The number of nitrogens with zero attached hydrogens (tertiary/aromatic N) is 2. The fourth-order valence-corrected chi connectivity index (χ4v) is 1.67. The number of aromatic nitrogens is 2. The van der Waals surface area contributed by atoms with Gasteiger partial charge in [0.05, 0.1) is 11.3 Å². The highest BCUT2D eigenvalue weighted by Crippen LogP contribution is 2.31. The van der Waals surface area contributed by atoms with Crippen molar-refractivity contribution < 1.29 is 13.2 Å². The minimum absolute atomic E-state index is 0.292. The molecular weight excluding hydrogens is 265 g/mol.